The number of aliphatic imine (C=N–C) groups is 1. The van der Waals surface area contributed by atoms with Crippen LogP contribution < -0.4 is 10.2 Å². The van der Waals surface area contributed by atoms with Crippen molar-refractivity contribution in [2.45, 2.75) is 26.3 Å². The molecule has 4 heterocycles. The fourth-order valence-corrected chi connectivity index (χ4v) is 4.87. The van der Waals surface area contributed by atoms with E-state index < -0.39 is 0 Å². The van der Waals surface area contributed by atoms with Crippen LogP contribution in [0.3, 0.4) is 0 Å². The van der Waals surface area contributed by atoms with Gasteiger partial charge in [0, 0.05) is 57.3 Å². The maximum absolute atomic E-state index is 12.7. The highest BCUT2D eigenvalue weighted by atomic mass is 32.1. The molecule has 0 aliphatic carbocycles. The van der Waals surface area contributed by atoms with Crippen LogP contribution in [0.15, 0.2) is 28.8 Å². The van der Waals surface area contributed by atoms with Gasteiger partial charge < -0.3 is 20.0 Å². The number of guanidine groups is 1. The zero-order valence-corrected chi connectivity index (χ0v) is 18.9. The minimum atomic E-state index is 0.0146. The van der Waals surface area contributed by atoms with E-state index in [4.69, 9.17) is 0 Å². The second-order valence-electron chi connectivity index (χ2n) is 7.76. The Hall–Kier alpha value is -2.88. The van der Waals surface area contributed by atoms with Crippen molar-refractivity contribution in [2.75, 3.05) is 44.2 Å². The Morgan fingerprint density at radius 2 is 2.13 bits per heavy atom. The lowest BCUT2D eigenvalue weighted by Crippen LogP contribution is -2.55. The zero-order chi connectivity index (χ0) is 21.8. The van der Waals surface area contributed by atoms with Crippen LogP contribution in [0.5, 0.6) is 0 Å². The van der Waals surface area contributed by atoms with Crippen molar-refractivity contribution in [1.82, 2.24) is 24.9 Å². The number of rotatable bonds is 5. The zero-order valence-electron chi connectivity index (χ0n) is 18.1. The van der Waals surface area contributed by atoms with Crippen molar-refractivity contribution in [2.24, 2.45) is 12.0 Å². The molecule has 1 saturated heterocycles. The molecule has 0 bridgehead atoms. The predicted molar refractivity (Wildman–Crippen MR) is 121 cm³/mol. The number of nitrogens with one attached hydrogen (secondary N) is 1. The van der Waals surface area contributed by atoms with Crippen LogP contribution in [0.2, 0.25) is 0 Å². The second kappa shape index (κ2) is 9.51. The minimum absolute atomic E-state index is 0.0146. The number of anilines is 1. The summed E-state index contributed by atoms with van der Waals surface area (Å²) in [7, 11) is 1.84. The Kier molecular flexibility index (Phi) is 6.55. The van der Waals surface area contributed by atoms with Gasteiger partial charge in [-0.15, -0.1) is 11.3 Å². The molecule has 0 aromatic carbocycles. The van der Waals surface area contributed by atoms with Crippen molar-refractivity contribution in [3.05, 3.63) is 34.3 Å². The molecule has 2 aliphatic heterocycles. The van der Waals surface area contributed by atoms with Gasteiger partial charge in [-0.2, -0.15) is 5.10 Å². The van der Waals surface area contributed by atoms with Crippen LogP contribution in [0.25, 0.3) is 0 Å². The van der Waals surface area contributed by atoms with Crippen LogP contribution >= 0.6 is 11.3 Å². The fourth-order valence-electron chi connectivity index (χ4n) is 3.98. The molecule has 10 heteroatoms. The average molecular weight is 444 g/mol. The number of carbonyl (C=O) groups excluding carboxylic acids is 2. The van der Waals surface area contributed by atoms with Crippen LogP contribution in [0, 0.1) is 0 Å². The van der Waals surface area contributed by atoms with Crippen LogP contribution in [-0.4, -0.2) is 76.6 Å². The number of amides is 2. The highest BCUT2D eigenvalue weighted by Crippen LogP contribution is 2.24. The molecule has 2 aromatic rings. The largest absolute Gasteiger partial charge is 0.357 e. The number of hydrogen-bond acceptors (Lipinski definition) is 5. The van der Waals surface area contributed by atoms with Crippen LogP contribution in [-0.2, 0) is 29.6 Å². The van der Waals surface area contributed by atoms with Gasteiger partial charge in [0.2, 0.25) is 11.8 Å². The molecule has 0 atom stereocenters. The third-order valence-electron chi connectivity index (χ3n) is 5.61. The summed E-state index contributed by atoms with van der Waals surface area (Å²) in [5, 5.41) is 9.51. The molecule has 2 aromatic heterocycles. The SMILES string of the molecule is CCNC(=NCCC(=O)N1CCc2sccc2C1)N1CCN(c2cnn(C)c2)C(=O)C1. The van der Waals surface area contributed by atoms with E-state index in [0.717, 1.165) is 18.7 Å². The van der Waals surface area contributed by atoms with E-state index in [1.165, 1.54) is 10.4 Å². The first kappa shape index (κ1) is 21.4. The van der Waals surface area contributed by atoms with Crippen molar-refractivity contribution in [3.8, 4) is 0 Å². The molecule has 2 aliphatic rings. The first-order valence-corrected chi connectivity index (χ1v) is 11.6. The van der Waals surface area contributed by atoms with Gasteiger partial charge >= 0.3 is 0 Å². The molecule has 166 valence electrons. The number of carbonyl (C=O) groups is 2. The monoisotopic (exact) mass is 443 g/mol. The number of hydrogen-bond donors (Lipinski definition) is 1. The molecular weight excluding hydrogens is 414 g/mol. The van der Waals surface area contributed by atoms with Gasteiger partial charge in [-0.3, -0.25) is 19.3 Å². The quantitative estimate of drug-likeness (QED) is 0.552. The molecule has 0 radical (unpaired) electrons. The average Bonchev–Trinajstić information content (AvgIpc) is 3.41. The normalized spacial score (nSPS) is 17.2. The number of fused-ring (bicyclic) bond motifs is 1. The first-order chi connectivity index (χ1) is 15.0. The fraction of sp³-hybridized carbons (Fsp3) is 0.524. The van der Waals surface area contributed by atoms with Crippen molar-refractivity contribution >= 4 is 34.8 Å². The van der Waals surface area contributed by atoms with E-state index in [1.807, 2.05) is 30.0 Å². The van der Waals surface area contributed by atoms with Gasteiger partial charge in [-0.05, 0) is 30.4 Å². The van der Waals surface area contributed by atoms with E-state index in [9.17, 15) is 9.59 Å². The number of thiophene rings is 1. The van der Waals surface area contributed by atoms with Crippen LogP contribution in [0.4, 0.5) is 5.69 Å². The van der Waals surface area contributed by atoms with Gasteiger partial charge in [0.1, 0.15) is 6.54 Å². The summed E-state index contributed by atoms with van der Waals surface area (Å²) in [4.78, 5) is 37.0. The van der Waals surface area contributed by atoms with Gasteiger partial charge in [0.15, 0.2) is 5.96 Å². The third kappa shape index (κ3) is 4.90. The Morgan fingerprint density at radius 1 is 1.26 bits per heavy atom. The molecule has 0 saturated carbocycles. The van der Waals surface area contributed by atoms with Gasteiger partial charge in [-0.1, -0.05) is 0 Å². The molecule has 1 fully saturated rings. The number of piperazine rings is 1. The van der Waals surface area contributed by atoms with Crippen molar-refractivity contribution < 1.29 is 9.59 Å². The summed E-state index contributed by atoms with van der Waals surface area (Å²) in [5.74, 6) is 0.836. The lowest BCUT2D eigenvalue weighted by Gasteiger charge is -2.35. The molecule has 9 nitrogen and oxygen atoms in total. The lowest BCUT2D eigenvalue weighted by molar-refractivity contribution is -0.131. The highest BCUT2D eigenvalue weighted by Gasteiger charge is 2.28. The van der Waals surface area contributed by atoms with Gasteiger partial charge in [-0.25, -0.2) is 0 Å². The predicted octanol–water partition coefficient (Wildman–Crippen LogP) is 1.07. The third-order valence-corrected chi connectivity index (χ3v) is 6.63. The van der Waals surface area contributed by atoms with Crippen LogP contribution in [0.1, 0.15) is 23.8 Å². The van der Waals surface area contributed by atoms with E-state index in [2.05, 4.69) is 26.9 Å². The first-order valence-electron chi connectivity index (χ1n) is 10.7. The maximum atomic E-state index is 12.7. The summed E-state index contributed by atoms with van der Waals surface area (Å²) in [6, 6.07) is 2.11. The standard InChI is InChI=1S/C21H29N7O2S/c1-3-22-21(27-9-10-28(20(30)15-27)17-12-24-25(2)14-17)23-7-4-19(29)26-8-5-18-16(13-26)6-11-31-18/h6,11-12,14H,3-5,7-10,13,15H2,1-2H3,(H,22,23). The van der Waals surface area contributed by atoms with Gasteiger partial charge in [0.05, 0.1) is 18.4 Å². The lowest BCUT2D eigenvalue weighted by atomic mass is 10.1. The maximum Gasteiger partial charge on any atom is 0.246 e. The van der Waals surface area contributed by atoms with E-state index >= 15 is 0 Å². The summed E-state index contributed by atoms with van der Waals surface area (Å²) in [5.41, 5.74) is 2.08. The smallest absolute Gasteiger partial charge is 0.246 e. The second-order valence-corrected chi connectivity index (χ2v) is 8.76. The Labute approximate surface area is 186 Å². The van der Waals surface area contributed by atoms with E-state index in [-0.39, 0.29) is 18.4 Å². The van der Waals surface area contributed by atoms with Gasteiger partial charge in [0.25, 0.3) is 0 Å². The summed E-state index contributed by atoms with van der Waals surface area (Å²) >= 11 is 1.77. The Balaban J connectivity index is 1.32. The molecule has 31 heavy (non-hydrogen) atoms. The molecule has 0 unspecified atom stereocenters. The summed E-state index contributed by atoms with van der Waals surface area (Å²) in [6.07, 6.45) is 4.86. The summed E-state index contributed by atoms with van der Waals surface area (Å²) in [6.45, 7) is 6.09. The number of aryl methyl sites for hydroxylation is 1. The Morgan fingerprint density at radius 3 is 2.87 bits per heavy atom. The minimum Gasteiger partial charge on any atom is -0.357 e. The summed E-state index contributed by atoms with van der Waals surface area (Å²) < 4.78 is 1.69. The molecule has 1 N–H and O–H groups in total. The van der Waals surface area contributed by atoms with E-state index in [1.54, 1.807) is 27.1 Å². The molecule has 0 spiro atoms. The molecule has 4 rings (SSSR count). The number of nitrogens with zero attached hydrogens (tertiary/aromatic N) is 6. The topological polar surface area (TPSA) is 86.1 Å². The van der Waals surface area contributed by atoms with E-state index in [0.29, 0.717) is 45.1 Å². The molecular formula is C21H29N7O2S. The highest BCUT2D eigenvalue weighted by molar-refractivity contribution is 7.10. The Bertz CT molecular complexity index is 967. The number of aromatic nitrogens is 2. The van der Waals surface area contributed by atoms with Crippen molar-refractivity contribution in [1.29, 1.82) is 0 Å². The van der Waals surface area contributed by atoms with Crippen molar-refractivity contribution in [3.63, 3.8) is 0 Å². The molecule has 2 amide bonds.